The topological polar surface area (TPSA) is 155 Å². The van der Waals surface area contributed by atoms with E-state index in [0.29, 0.717) is 23.8 Å². The van der Waals surface area contributed by atoms with Gasteiger partial charge in [0.1, 0.15) is 0 Å². The Balaban J connectivity index is 1.16. The van der Waals surface area contributed by atoms with E-state index in [0.717, 1.165) is 27.5 Å². The number of imide groups is 1. The minimum atomic E-state index is -0.955. The van der Waals surface area contributed by atoms with Crippen LogP contribution in [0.3, 0.4) is 0 Å². The molecule has 0 spiro atoms. The molecule has 3 amide bonds. The molecule has 2 bridgehead atoms. The molecule has 6 unspecified atom stereocenters. The van der Waals surface area contributed by atoms with Gasteiger partial charge in [0.25, 0.3) is 5.91 Å². The zero-order valence-electron chi connectivity index (χ0n) is 25.9. The molecule has 0 radical (unpaired) electrons. The molecule has 3 aromatic rings. The lowest BCUT2D eigenvalue weighted by Crippen LogP contribution is -2.42. The van der Waals surface area contributed by atoms with Gasteiger partial charge >= 0.3 is 10.8 Å². The first-order valence-electron chi connectivity index (χ1n) is 15.9. The van der Waals surface area contributed by atoms with E-state index < -0.39 is 17.8 Å². The van der Waals surface area contributed by atoms with E-state index in [9.17, 15) is 24.0 Å². The van der Waals surface area contributed by atoms with Crippen LogP contribution in [0.2, 0.25) is 0 Å². The van der Waals surface area contributed by atoms with Crippen molar-refractivity contribution in [3.8, 4) is 11.5 Å². The monoisotopic (exact) mass is 677 g/mol. The fourth-order valence-corrected chi connectivity index (χ4v) is 11.1. The van der Waals surface area contributed by atoms with E-state index in [-0.39, 0.29) is 77.5 Å². The Bertz CT molecular complexity index is 1820. The molecule has 2 aliphatic heterocycles. The number of nitrogens with zero attached hydrogens (tertiary/aromatic N) is 1. The average Bonchev–Trinajstić information content (AvgIpc) is 3.76. The Hall–Kier alpha value is -4.10. The second-order valence-corrected chi connectivity index (χ2v) is 14.8. The summed E-state index contributed by atoms with van der Waals surface area (Å²) < 4.78 is 11.9. The summed E-state index contributed by atoms with van der Waals surface area (Å²) in [6, 6.07) is 13.1. The smallest absolute Gasteiger partial charge is 0.305 e. The number of carboxylic acids is 1. The van der Waals surface area contributed by atoms with Gasteiger partial charge in [-0.1, -0.05) is 29.5 Å². The van der Waals surface area contributed by atoms with E-state index in [1.54, 1.807) is 17.8 Å². The molecule has 4 aliphatic rings. The van der Waals surface area contributed by atoms with Gasteiger partial charge in [0.15, 0.2) is 18.1 Å². The number of hydrogen-bond acceptors (Lipinski definition) is 9. The second-order valence-electron chi connectivity index (χ2n) is 12.6. The summed E-state index contributed by atoms with van der Waals surface area (Å²) in [4.78, 5) is 68.7. The maximum atomic E-state index is 13.7. The summed E-state index contributed by atoms with van der Waals surface area (Å²) in [5.74, 6) is -1.91. The van der Waals surface area contributed by atoms with Gasteiger partial charge in [-0.15, -0.1) is 11.8 Å². The third kappa shape index (κ3) is 5.62. The third-order valence-corrected chi connectivity index (χ3v) is 12.5. The van der Waals surface area contributed by atoms with Gasteiger partial charge in [-0.3, -0.25) is 28.9 Å². The molecule has 7 atom stereocenters. The lowest BCUT2D eigenvalue weighted by Gasteiger charge is -2.43. The second kappa shape index (κ2) is 12.5. The van der Waals surface area contributed by atoms with Crippen LogP contribution >= 0.6 is 23.1 Å². The average molecular weight is 678 g/mol. The van der Waals surface area contributed by atoms with Gasteiger partial charge in [-0.2, -0.15) is 0 Å². The van der Waals surface area contributed by atoms with Crippen LogP contribution in [-0.2, 0) is 19.2 Å². The number of ether oxygens (including phenoxy) is 2. The maximum Gasteiger partial charge on any atom is 0.305 e. The summed E-state index contributed by atoms with van der Waals surface area (Å²) >= 11 is 2.79. The van der Waals surface area contributed by atoms with Crippen molar-refractivity contribution in [3.05, 3.63) is 68.1 Å². The Morgan fingerprint density at radius 3 is 2.57 bits per heavy atom. The molecule has 3 heterocycles. The highest BCUT2D eigenvalue weighted by molar-refractivity contribution is 8.00. The first-order chi connectivity index (χ1) is 22.6. The lowest BCUT2D eigenvalue weighted by molar-refractivity contribution is -0.142. The molecule has 7 rings (SSSR count). The number of fused-ring (bicyclic) bond motifs is 9. The summed E-state index contributed by atoms with van der Waals surface area (Å²) in [5, 5.41) is 12.7. The molecule has 47 heavy (non-hydrogen) atoms. The zero-order chi connectivity index (χ0) is 33.0. The van der Waals surface area contributed by atoms with Gasteiger partial charge in [-0.05, 0) is 79.8 Å². The van der Waals surface area contributed by atoms with Crippen LogP contribution in [0, 0.1) is 36.5 Å². The highest BCUT2D eigenvalue weighted by atomic mass is 32.2. The number of anilines is 1. The first-order valence-corrected chi connectivity index (χ1v) is 17.6. The Kier molecular flexibility index (Phi) is 8.37. The number of carbonyl (C=O) groups excluding carboxylic acids is 3. The predicted molar refractivity (Wildman–Crippen MR) is 175 cm³/mol. The van der Waals surface area contributed by atoms with Crippen molar-refractivity contribution in [2.24, 2.45) is 29.6 Å². The number of nitrogens with one attached hydrogen (secondary N) is 2. The molecule has 3 fully saturated rings. The highest BCUT2D eigenvalue weighted by Crippen LogP contribution is 2.68. The fourth-order valence-electron chi connectivity index (χ4n) is 8.23. The van der Waals surface area contributed by atoms with Crippen LogP contribution in [0.5, 0.6) is 11.5 Å². The van der Waals surface area contributed by atoms with Crippen molar-refractivity contribution in [1.29, 1.82) is 0 Å². The molecule has 3 N–H and O–H groups in total. The van der Waals surface area contributed by atoms with Gasteiger partial charge in [0.05, 0.1) is 23.5 Å². The van der Waals surface area contributed by atoms with Crippen molar-refractivity contribution >= 4 is 52.5 Å². The largest absolute Gasteiger partial charge is 0.490 e. The van der Waals surface area contributed by atoms with Crippen LogP contribution in [-0.4, -0.2) is 63.7 Å². The number of rotatable bonds is 11. The van der Waals surface area contributed by atoms with E-state index in [1.807, 2.05) is 50.2 Å². The first kappa shape index (κ1) is 31.5. The number of aryl methyl sites for hydroxylation is 1. The number of carbonyl (C=O) groups is 4. The van der Waals surface area contributed by atoms with Crippen molar-refractivity contribution in [2.45, 2.75) is 49.3 Å². The Morgan fingerprint density at radius 2 is 1.83 bits per heavy atom. The SMILES string of the molecule is CCOc1cc([C@H]2c3sc(=O)[nH]c3SC3C4CC(C5C(=O)N(CCCC(=O)O)C(=O)C45)C32)ccc1OCC(=O)Nc1cccc(C)c1. The Labute approximate surface area is 279 Å². The minimum Gasteiger partial charge on any atom is -0.490 e. The Morgan fingerprint density at radius 1 is 1.04 bits per heavy atom. The number of benzene rings is 2. The maximum absolute atomic E-state index is 13.7. The summed E-state index contributed by atoms with van der Waals surface area (Å²) in [5.41, 5.74) is 2.62. The normalized spacial score (nSPS) is 26.9. The fraction of sp³-hybridized carbons (Fsp3) is 0.441. The van der Waals surface area contributed by atoms with Gasteiger partial charge in [-0.25, -0.2) is 0 Å². The summed E-state index contributed by atoms with van der Waals surface area (Å²) in [6.45, 7) is 4.09. The van der Waals surface area contributed by atoms with Crippen LogP contribution in [0.4, 0.5) is 5.69 Å². The number of aliphatic carboxylic acids is 1. The van der Waals surface area contributed by atoms with Crippen molar-refractivity contribution in [3.63, 3.8) is 0 Å². The van der Waals surface area contributed by atoms with Crippen molar-refractivity contribution < 1.29 is 33.8 Å². The third-order valence-electron chi connectivity index (χ3n) is 9.87. The molecule has 2 aromatic carbocycles. The molecule has 1 aromatic heterocycles. The number of thiazole rings is 1. The van der Waals surface area contributed by atoms with E-state index in [4.69, 9.17) is 14.6 Å². The van der Waals surface area contributed by atoms with E-state index >= 15 is 0 Å². The van der Waals surface area contributed by atoms with Crippen LogP contribution in [0.1, 0.15) is 48.1 Å². The molecule has 246 valence electrons. The van der Waals surface area contributed by atoms with E-state index in [1.165, 1.54) is 16.2 Å². The summed E-state index contributed by atoms with van der Waals surface area (Å²) in [6.07, 6.45) is 0.880. The molecule has 1 saturated heterocycles. The quantitative estimate of drug-likeness (QED) is 0.249. The van der Waals surface area contributed by atoms with E-state index in [2.05, 4.69) is 10.3 Å². The minimum absolute atomic E-state index is 0.00210. The predicted octanol–water partition coefficient (Wildman–Crippen LogP) is 4.50. The van der Waals surface area contributed by atoms with Gasteiger partial charge in [0.2, 0.25) is 11.8 Å². The molecule has 2 saturated carbocycles. The number of carboxylic acid groups (broad SMARTS) is 1. The number of likely N-dealkylation sites (tertiary alicyclic amines) is 1. The summed E-state index contributed by atoms with van der Waals surface area (Å²) in [7, 11) is 0. The highest BCUT2D eigenvalue weighted by Gasteiger charge is 2.69. The van der Waals surface area contributed by atoms with Crippen molar-refractivity contribution in [2.75, 3.05) is 25.1 Å². The molecule has 11 nitrogen and oxygen atoms in total. The number of aromatic nitrogens is 1. The zero-order valence-corrected chi connectivity index (χ0v) is 27.5. The number of H-pyrrole nitrogens is 1. The number of hydrogen-bond donors (Lipinski definition) is 3. The lowest BCUT2D eigenvalue weighted by atomic mass is 9.68. The standard InChI is InChI=1S/C34H35N3O8S2/c1-3-44-22-13-17(9-10-21(22)45-15-23(38)35-18-7-4-6-16(2)12-18)25-26-19-14-20(29(26)46-31-30(25)47-34(43)36-31)28-27(19)32(41)37(33(28)42)11-5-8-24(39)40/h4,6-7,9-10,12-13,19-20,25-29H,3,5,8,11,14-15H2,1-2H3,(H,35,38)(H,36,43)(H,39,40)/t19?,20?,25-,26?,27?,28?,29?/m1/s1. The molecular weight excluding hydrogens is 643 g/mol. The molecular formula is C34H35N3O8S2. The van der Waals surface area contributed by atoms with Crippen LogP contribution in [0.15, 0.2) is 52.3 Å². The number of aromatic amines is 1. The van der Waals surface area contributed by atoms with Crippen molar-refractivity contribution in [1.82, 2.24) is 9.88 Å². The molecule has 2 aliphatic carbocycles. The van der Waals surface area contributed by atoms with Gasteiger partial charge < -0.3 is 24.9 Å². The van der Waals surface area contributed by atoms with Crippen LogP contribution in [0.25, 0.3) is 0 Å². The van der Waals surface area contributed by atoms with Crippen LogP contribution < -0.4 is 19.7 Å². The molecule has 13 heteroatoms. The van der Waals surface area contributed by atoms with Gasteiger partial charge in [0, 0.05) is 34.7 Å². The number of amides is 3. The number of thioether (sulfide) groups is 1.